The number of rotatable bonds is 5. The Labute approximate surface area is 125 Å². The number of sulfonamides is 1. The van der Waals surface area contributed by atoms with Gasteiger partial charge in [0.2, 0.25) is 10.0 Å². The monoisotopic (exact) mass is 315 g/mol. The highest BCUT2D eigenvalue weighted by Crippen LogP contribution is 2.37. The molecule has 1 fully saturated rings. The third kappa shape index (κ3) is 2.73. The SMILES string of the molecule is COc1ccc(OC)c(S(=O)(=O)N2CC(O)(C(C)C)C2)c1. The van der Waals surface area contributed by atoms with Crippen LogP contribution in [0.25, 0.3) is 0 Å². The predicted molar refractivity (Wildman–Crippen MR) is 78.1 cm³/mol. The number of benzene rings is 1. The average Bonchev–Trinajstić information content (AvgIpc) is 2.42. The van der Waals surface area contributed by atoms with Crippen molar-refractivity contribution >= 4 is 10.0 Å². The van der Waals surface area contributed by atoms with Crippen molar-refractivity contribution in [3.63, 3.8) is 0 Å². The quantitative estimate of drug-likeness (QED) is 0.880. The fraction of sp³-hybridized carbons (Fsp3) is 0.571. The summed E-state index contributed by atoms with van der Waals surface area (Å²) in [5, 5.41) is 10.2. The average molecular weight is 315 g/mol. The summed E-state index contributed by atoms with van der Waals surface area (Å²) >= 11 is 0. The molecule has 1 aliphatic rings. The van der Waals surface area contributed by atoms with Gasteiger partial charge in [-0.25, -0.2) is 8.42 Å². The van der Waals surface area contributed by atoms with E-state index in [1.807, 2.05) is 13.8 Å². The van der Waals surface area contributed by atoms with Crippen molar-refractivity contribution < 1.29 is 23.0 Å². The molecule has 0 bridgehead atoms. The van der Waals surface area contributed by atoms with Crippen LogP contribution in [0.4, 0.5) is 0 Å². The molecule has 0 atom stereocenters. The van der Waals surface area contributed by atoms with Crippen molar-refractivity contribution in [1.29, 1.82) is 0 Å². The third-order valence-corrected chi connectivity index (χ3v) is 5.78. The third-order valence-electron chi connectivity index (χ3n) is 3.96. The molecule has 21 heavy (non-hydrogen) atoms. The number of hydrogen-bond donors (Lipinski definition) is 1. The molecule has 0 aliphatic carbocycles. The van der Waals surface area contributed by atoms with E-state index in [0.717, 1.165) is 0 Å². The molecule has 1 aliphatic heterocycles. The van der Waals surface area contributed by atoms with Gasteiger partial charge in [0.05, 0.1) is 19.8 Å². The smallest absolute Gasteiger partial charge is 0.247 e. The lowest BCUT2D eigenvalue weighted by atomic mass is 9.85. The van der Waals surface area contributed by atoms with Gasteiger partial charge in [0, 0.05) is 19.2 Å². The molecular weight excluding hydrogens is 294 g/mol. The lowest BCUT2D eigenvalue weighted by molar-refractivity contribution is -0.0932. The van der Waals surface area contributed by atoms with Crippen LogP contribution in [0, 0.1) is 5.92 Å². The molecule has 0 amide bonds. The number of aliphatic hydroxyl groups is 1. The molecule has 1 aromatic rings. The number of ether oxygens (including phenoxy) is 2. The molecule has 1 heterocycles. The summed E-state index contributed by atoms with van der Waals surface area (Å²) < 4.78 is 36.8. The minimum atomic E-state index is -3.71. The molecule has 0 radical (unpaired) electrons. The first-order valence-corrected chi connectivity index (χ1v) is 8.13. The normalized spacial score (nSPS) is 18.4. The molecule has 0 saturated carbocycles. The molecular formula is C14H21NO5S. The number of methoxy groups -OCH3 is 2. The van der Waals surface area contributed by atoms with E-state index in [9.17, 15) is 13.5 Å². The Balaban J connectivity index is 2.33. The van der Waals surface area contributed by atoms with Gasteiger partial charge in [0.25, 0.3) is 0 Å². The Morgan fingerprint density at radius 2 is 1.86 bits per heavy atom. The molecule has 2 rings (SSSR count). The Bertz CT molecular complexity index is 620. The summed E-state index contributed by atoms with van der Waals surface area (Å²) in [6, 6.07) is 4.62. The second-order valence-electron chi connectivity index (χ2n) is 5.55. The van der Waals surface area contributed by atoms with Crippen LogP contribution < -0.4 is 9.47 Å². The largest absolute Gasteiger partial charge is 0.497 e. The van der Waals surface area contributed by atoms with E-state index in [1.54, 1.807) is 12.1 Å². The summed E-state index contributed by atoms with van der Waals surface area (Å²) in [5.74, 6) is 0.695. The van der Waals surface area contributed by atoms with Crippen LogP contribution in [0.5, 0.6) is 11.5 Å². The maximum Gasteiger partial charge on any atom is 0.247 e. The van der Waals surface area contributed by atoms with Crippen molar-refractivity contribution in [1.82, 2.24) is 4.31 Å². The van der Waals surface area contributed by atoms with E-state index >= 15 is 0 Å². The summed E-state index contributed by atoms with van der Waals surface area (Å²) in [5.41, 5.74) is -0.959. The molecule has 1 N–H and O–H groups in total. The van der Waals surface area contributed by atoms with Crippen LogP contribution in [0.1, 0.15) is 13.8 Å². The Morgan fingerprint density at radius 1 is 1.24 bits per heavy atom. The molecule has 1 saturated heterocycles. The Hall–Kier alpha value is -1.31. The standard InChI is InChI=1S/C14H21NO5S/c1-10(2)14(16)8-15(9-14)21(17,18)13-7-11(19-3)5-6-12(13)20-4/h5-7,10,16H,8-9H2,1-4H3. The number of β-amino-alcohol motifs (C(OH)–C–C–N with tert-alkyl or cyclic N) is 1. The van der Waals surface area contributed by atoms with E-state index in [-0.39, 0.29) is 29.7 Å². The summed E-state index contributed by atoms with van der Waals surface area (Å²) in [6.45, 7) is 3.92. The molecule has 1 aromatic carbocycles. The van der Waals surface area contributed by atoms with Gasteiger partial charge in [-0.2, -0.15) is 4.31 Å². The summed E-state index contributed by atoms with van der Waals surface area (Å²) in [7, 11) is -0.824. The minimum absolute atomic E-state index is 0.00356. The maximum absolute atomic E-state index is 12.7. The van der Waals surface area contributed by atoms with Crippen LogP contribution >= 0.6 is 0 Å². The van der Waals surface area contributed by atoms with Crippen LogP contribution in [0.15, 0.2) is 23.1 Å². The van der Waals surface area contributed by atoms with Gasteiger partial charge in [0.15, 0.2) is 0 Å². The summed E-state index contributed by atoms with van der Waals surface area (Å²) in [6.07, 6.45) is 0. The molecule has 0 unspecified atom stereocenters. The molecule has 6 nitrogen and oxygen atoms in total. The van der Waals surface area contributed by atoms with E-state index < -0.39 is 15.6 Å². The lowest BCUT2D eigenvalue weighted by Gasteiger charge is -2.47. The van der Waals surface area contributed by atoms with Crippen LogP contribution in [0.3, 0.4) is 0 Å². The van der Waals surface area contributed by atoms with Gasteiger partial charge in [-0.1, -0.05) is 13.8 Å². The van der Waals surface area contributed by atoms with E-state index in [1.165, 1.54) is 24.6 Å². The zero-order valence-corrected chi connectivity index (χ0v) is 13.5. The van der Waals surface area contributed by atoms with Gasteiger partial charge in [-0.05, 0) is 18.1 Å². The maximum atomic E-state index is 12.7. The number of nitrogens with zero attached hydrogens (tertiary/aromatic N) is 1. The zero-order chi connectivity index (χ0) is 15.8. The van der Waals surface area contributed by atoms with Crippen molar-refractivity contribution in [3.05, 3.63) is 18.2 Å². The molecule has 0 aromatic heterocycles. The highest BCUT2D eigenvalue weighted by Gasteiger charge is 2.49. The van der Waals surface area contributed by atoms with Crippen LogP contribution in [-0.2, 0) is 10.0 Å². The Kier molecular flexibility index (Phi) is 4.19. The highest BCUT2D eigenvalue weighted by atomic mass is 32.2. The zero-order valence-electron chi connectivity index (χ0n) is 12.7. The van der Waals surface area contributed by atoms with E-state index in [4.69, 9.17) is 9.47 Å². The fourth-order valence-electron chi connectivity index (χ4n) is 2.22. The second-order valence-corrected chi connectivity index (χ2v) is 7.45. The van der Waals surface area contributed by atoms with E-state index in [0.29, 0.717) is 5.75 Å². The fourth-order valence-corrected chi connectivity index (χ4v) is 3.96. The Morgan fingerprint density at radius 3 is 2.33 bits per heavy atom. The second kappa shape index (κ2) is 5.47. The first-order chi connectivity index (χ1) is 9.74. The van der Waals surface area contributed by atoms with E-state index in [2.05, 4.69) is 0 Å². The van der Waals surface area contributed by atoms with Gasteiger partial charge >= 0.3 is 0 Å². The van der Waals surface area contributed by atoms with Gasteiger partial charge < -0.3 is 14.6 Å². The summed E-state index contributed by atoms with van der Waals surface area (Å²) in [4.78, 5) is 0.0511. The topological polar surface area (TPSA) is 76.1 Å². The highest BCUT2D eigenvalue weighted by molar-refractivity contribution is 7.89. The molecule has 118 valence electrons. The van der Waals surface area contributed by atoms with Crippen molar-refractivity contribution in [2.75, 3.05) is 27.3 Å². The first kappa shape index (κ1) is 16.1. The van der Waals surface area contributed by atoms with Gasteiger partial charge in [-0.15, -0.1) is 0 Å². The van der Waals surface area contributed by atoms with Crippen LogP contribution in [0.2, 0.25) is 0 Å². The molecule has 0 spiro atoms. The van der Waals surface area contributed by atoms with Crippen LogP contribution in [-0.4, -0.2) is 50.7 Å². The predicted octanol–water partition coefficient (Wildman–Crippen LogP) is 1.10. The van der Waals surface area contributed by atoms with Gasteiger partial charge in [-0.3, -0.25) is 0 Å². The van der Waals surface area contributed by atoms with Crippen molar-refractivity contribution in [2.24, 2.45) is 5.92 Å². The minimum Gasteiger partial charge on any atom is -0.497 e. The van der Waals surface area contributed by atoms with Crippen molar-refractivity contribution in [3.8, 4) is 11.5 Å². The lowest BCUT2D eigenvalue weighted by Crippen LogP contribution is -2.65. The number of hydrogen-bond acceptors (Lipinski definition) is 5. The molecule has 7 heteroatoms. The van der Waals surface area contributed by atoms with Gasteiger partial charge in [0.1, 0.15) is 16.4 Å². The van der Waals surface area contributed by atoms with Crippen molar-refractivity contribution in [2.45, 2.75) is 24.3 Å². The first-order valence-electron chi connectivity index (χ1n) is 6.69.